The Balaban J connectivity index is 1.52. The predicted molar refractivity (Wildman–Crippen MR) is 135 cm³/mol. The van der Waals surface area contributed by atoms with Gasteiger partial charge in [0.1, 0.15) is 0 Å². The molecule has 1 fully saturated rings. The van der Waals surface area contributed by atoms with Crippen LogP contribution in [0.4, 0.5) is 0 Å². The van der Waals surface area contributed by atoms with Gasteiger partial charge in [0.15, 0.2) is 5.41 Å². The highest BCUT2D eigenvalue weighted by Crippen LogP contribution is 2.35. The fourth-order valence-electron chi connectivity index (χ4n) is 4.76. The number of nitrogens with zero attached hydrogens (tertiary/aromatic N) is 2. The van der Waals surface area contributed by atoms with Crippen LogP contribution in [0.1, 0.15) is 76.3 Å². The molecule has 2 aliphatic heterocycles. The molecule has 3 rings (SSSR count). The van der Waals surface area contributed by atoms with E-state index >= 15 is 0 Å². The lowest BCUT2D eigenvalue weighted by molar-refractivity contribution is -0.177. The Morgan fingerprint density at radius 2 is 1.31 bits per heavy atom. The number of likely N-dealkylation sites (tertiary alicyclic amines) is 1. The van der Waals surface area contributed by atoms with Gasteiger partial charge in [0, 0.05) is 39.0 Å². The van der Waals surface area contributed by atoms with Crippen LogP contribution in [0.5, 0.6) is 0 Å². The van der Waals surface area contributed by atoms with Crippen LogP contribution in [-0.2, 0) is 41.6 Å². The normalized spacial score (nSPS) is 16.7. The third kappa shape index (κ3) is 6.86. The Morgan fingerprint density at radius 1 is 0.778 bits per heavy atom. The number of piperidine rings is 1. The van der Waals surface area contributed by atoms with Gasteiger partial charge in [0.2, 0.25) is 11.8 Å². The zero-order valence-electron chi connectivity index (χ0n) is 21.8. The van der Waals surface area contributed by atoms with E-state index in [9.17, 15) is 19.2 Å². The molecule has 0 bridgehead atoms. The number of rotatable bonds is 11. The average Bonchev–Trinajstić information content (AvgIpc) is 2.91. The smallest absolute Gasteiger partial charge is 0.323 e. The second kappa shape index (κ2) is 13.4. The predicted octanol–water partition coefficient (Wildman–Crippen LogP) is 3.65. The molecule has 36 heavy (non-hydrogen) atoms. The molecule has 0 aliphatic carbocycles. The third-order valence-electron chi connectivity index (χ3n) is 7.25. The largest absolute Gasteiger partial charge is 0.465 e. The summed E-state index contributed by atoms with van der Waals surface area (Å²) in [6.45, 7) is 6.30. The molecule has 1 saturated heterocycles. The van der Waals surface area contributed by atoms with Gasteiger partial charge in [-0.05, 0) is 43.2 Å². The highest BCUT2D eigenvalue weighted by molar-refractivity contribution is 6.00. The Hall–Kier alpha value is -2.90. The first-order valence-corrected chi connectivity index (χ1v) is 13.4. The van der Waals surface area contributed by atoms with Crippen molar-refractivity contribution in [2.24, 2.45) is 5.41 Å². The van der Waals surface area contributed by atoms with Crippen LogP contribution in [0.3, 0.4) is 0 Å². The third-order valence-corrected chi connectivity index (χ3v) is 7.25. The van der Waals surface area contributed by atoms with Crippen molar-refractivity contribution in [3.05, 3.63) is 35.4 Å². The van der Waals surface area contributed by atoms with Crippen molar-refractivity contribution in [1.82, 2.24) is 9.80 Å². The fraction of sp³-hybridized carbons (Fsp3) is 0.643. The molecule has 1 aromatic rings. The summed E-state index contributed by atoms with van der Waals surface area (Å²) < 4.78 is 10.9. The molecule has 0 saturated carbocycles. The molecular weight excluding hydrogens is 460 g/mol. The lowest BCUT2D eigenvalue weighted by atomic mass is 9.78. The molecule has 1 aromatic carbocycles. The quantitative estimate of drug-likeness (QED) is 0.262. The molecule has 2 amide bonds. The second-order valence-corrected chi connectivity index (χ2v) is 9.78. The minimum atomic E-state index is -1.37. The summed E-state index contributed by atoms with van der Waals surface area (Å²) >= 11 is 0. The van der Waals surface area contributed by atoms with Gasteiger partial charge in [-0.25, -0.2) is 0 Å². The highest BCUT2D eigenvalue weighted by atomic mass is 16.6. The number of hydrogen-bond acceptors (Lipinski definition) is 6. The molecule has 0 aromatic heterocycles. The topological polar surface area (TPSA) is 93.2 Å². The fourth-order valence-corrected chi connectivity index (χ4v) is 4.76. The van der Waals surface area contributed by atoms with Crippen LogP contribution in [0, 0.1) is 5.41 Å². The van der Waals surface area contributed by atoms with Crippen molar-refractivity contribution in [2.45, 2.75) is 78.2 Å². The molecular formula is C28H40N2O6. The molecule has 8 heteroatoms. The van der Waals surface area contributed by atoms with Crippen LogP contribution >= 0.6 is 0 Å². The minimum Gasteiger partial charge on any atom is -0.465 e. The first-order valence-electron chi connectivity index (χ1n) is 13.4. The average molecular weight is 501 g/mol. The highest BCUT2D eigenvalue weighted by Gasteiger charge is 2.51. The number of hydrogen-bond donors (Lipinski definition) is 0. The number of benzene rings is 1. The van der Waals surface area contributed by atoms with E-state index in [0.29, 0.717) is 13.1 Å². The SMILES string of the molecule is CCCCOC(=O)C1(C(=O)OCCCC)CCN(C(=O)CCC(=O)N2CCc3ccccc3C2)CC1. The van der Waals surface area contributed by atoms with Gasteiger partial charge in [-0.3, -0.25) is 19.2 Å². The van der Waals surface area contributed by atoms with Gasteiger partial charge < -0.3 is 19.3 Å². The lowest BCUT2D eigenvalue weighted by Crippen LogP contribution is -2.52. The summed E-state index contributed by atoms with van der Waals surface area (Å²) in [5.74, 6) is -1.26. The van der Waals surface area contributed by atoms with Crippen LogP contribution in [0.25, 0.3) is 0 Å². The van der Waals surface area contributed by atoms with Crippen molar-refractivity contribution in [3.63, 3.8) is 0 Å². The van der Waals surface area contributed by atoms with E-state index in [2.05, 4.69) is 6.07 Å². The number of ether oxygens (including phenoxy) is 2. The number of fused-ring (bicyclic) bond motifs is 1. The van der Waals surface area contributed by atoms with Crippen molar-refractivity contribution in [1.29, 1.82) is 0 Å². The number of carbonyl (C=O) groups is 4. The molecule has 198 valence electrons. The molecule has 0 atom stereocenters. The van der Waals surface area contributed by atoms with Crippen LogP contribution in [0.15, 0.2) is 24.3 Å². The summed E-state index contributed by atoms with van der Waals surface area (Å²) in [6.07, 6.45) is 4.66. The standard InChI is InChI=1S/C28H40N2O6/c1-3-5-19-35-26(33)28(27(34)36-20-6-4-2)14-17-29(18-15-28)24(31)11-12-25(32)30-16-13-22-9-7-8-10-23(22)21-30/h7-10H,3-6,11-21H2,1-2H3. The van der Waals surface area contributed by atoms with Crippen molar-refractivity contribution >= 4 is 23.8 Å². The van der Waals surface area contributed by atoms with Gasteiger partial charge in [-0.1, -0.05) is 51.0 Å². The first-order chi connectivity index (χ1) is 17.4. The number of carbonyl (C=O) groups excluding carboxylic acids is 4. The maximum Gasteiger partial charge on any atom is 0.323 e. The Labute approximate surface area is 214 Å². The summed E-state index contributed by atoms with van der Waals surface area (Å²) in [4.78, 5) is 55.0. The molecule has 2 heterocycles. The Morgan fingerprint density at radius 3 is 1.86 bits per heavy atom. The lowest BCUT2D eigenvalue weighted by Gasteiger charge is -2.38. The number of unbranched alkanes of at least 4 members (excludes halogenated alkanes) is 2. The van der Waals surface area contributed by atoms with E-state index in [0.717, 1.165) is 37.7 Å². The summed E-state index contributed by atoms with van der Waals surface area (Å²) in [5, 5.41) is 0. The summed E-state index contributed by atoms with van der Waals surface area (Å²) in [7, 11) is 0. The minimum absolute atomic E-state index is 0.0248. The van der Waals surface area contributed by atoms with Crippen LogP contribution in [-0.4, -0.2) is 66.4 Å². The van der Waals surface area contributed by atoms with Gasteiger partial charge >= 0.3 is 11.9 Å². The van der Waals surface area contributed by atoms with Crippen molar-refractivity contribution in [3.8, 4) is 0 Å². The maximum atomic E-state index is 12.9. The van der Waals surface area contributed by atoms with E-state index in [1.54, 1.807) is 4.90 Å². The molecule has 0 N–H and O–H groups in total. The van der Waals surface area contributed by atoms with E-state index in [-0.39, 0.29) is 63.8 Å². The second-order valence-electron chi connectivity index (χ2n) is 9.78. The summed E-state index contributed by atoms with van der Waals surface area (Å²) in [6, 6.07) is 8.13. The molecule has 0 spiro atoms. The van der Waals surface area contributed by atoms with Gasteiger partial charge in [0.25, 0.3) is 0 Å². The Kier molecular flexibility index (Phi) is 10.3. The molecule has 0 radical (unpaired) electrons. The number of esters is 2. The maximum absolute atomic E-state index is 12.9. The van der Waals surface area contributed by atoms with Crippen LogP contribution in [0.2, 0.25) is 0 Å². The first kappa shape index (κ1) is 27.7. The zero-order chi connectivity index (χ0) is 26.0. The molecule has 2 aliphatic rings. The van der Waals surface area contributed by atoms with E-state index < -0.39 is 17.4 Å². The van der Waals surface area contributed by atoms with Gasteiger partial charge in [-0.15, -0.1) is 0 Å². The van der Waals surface area contributed by atoms with Crippen LogP contribution < -0.4 is 0 Å². The van der Waals surface area contributed by atoms with E-state index in [1.165, 1.54) is 5.56 Å². The van der Waals surface area contributed by atoms with Gasteiger partial charge in [0.05, 0.1) is 13.2 Å². The monoisotopic (exact) mass is 500 g/mol. The van der Waals surface area contributed by atoms with E-state index in [1.807, 2.05) is 36.9 Å². The summed E-state index contributed by atoms with van der Waals surface area (Å²) in [5.41, 5.74) is 1.07. The van der Waals surface area contributed by atoms with E-state index in [4.69, 9.17) is 9.47 Å². The van der Waals surface area contributed by atoms with Gasteiger partial charge in [-0.2, -0.15) is 0 Å². The molecule has 8 nitrogen and oxygen atoms in total. The Bertz CT molecular complexity index is 898. The number of amides is 2. The zero-order valence-corrected chi connectivity index (χ0v) is 21.8. The molecule has 0 unspecified atom stereocenters. The van der Waals surface area contributed by atoms with Crippen molar-refractivity contribution in [2.75, 3.05) is 32.8 Å². The van der Waals surface area contributed by atoms with Crippen molar-refractivity contribution < 1.29 is 28.7 Å².